The fourth-order valence-electron chi connectivity index (χ4n) is 2.50. The average Bonchev–Trinajstić information content (AvgIpc) is 3.25. The Morgan fingerprint density at radius 1 is 1.26 bits per heavy atom. The van der Waals surface area contributed by atoms with Gasteiger partial charge in [0.05, 0.1) is 11.4 Å². The Morgan fingerprint density at radius 2 is 2.00 bits per heavy atom. The first-order valence-electron chi connectivity index (χ1n) is 7.39. The maximum absolute atomic E-state index is 12.5. The number of sulfonamides is 1. The Hall–Kier alpha value is -1.22. The summed E-state index contributed by atoms with van der Waals surface area (Å²) >= 11 is 2.64. The quantitative estimate of drug-likeness (QED) is 0.880. The number of thiophene rings is 2. The zero-order valence-corrected chi connectivity index (χ0v) is 15.2. The molecule has 0 aromatic carbocycles. The Labute approximate surface area is 144 Å². The second-order valence-electron chi connectivity index (χ2n) is 5.45. The monoisotopic (exact) mass is 370 g/mol. The summed E-state index contributed by atoms with van der Waals surface area (Å²) < 4.78 is 26.8. The third kappa shape index (κ3) is 3.50. The van der Waals surface area contributed by atoms with E-state index in [0.29, 0.717) is 28.7 Å². The van der Waals surface area contributed by atoms with Crippen molar-refractivity contribution in [2.24, 2.45) is 0 Å². The molecule has 5 nitrogen and oxygen atoms in total. The number of carbonyl (C=O) groups is 1. The van der Waals surface area contributed by atoms with Crippen molar-refractivity contribution in [3.63, 3.8) is 0 Å². The Bertz CT molecular complexity index is 802. The highest BCUT2D eigenvalue weighted by molar-refractivity contribution is 7.91. The van der Waals surface area contributed by atoms with E-state index in [1.165, 1.54) is 27.0 Å². The summed E-state index contributed by atoms with van der Waals surface area (Å²) in [4.78, 5) is 13.6. The van der Waals surface area contributed by atoms with Gasteiger partial charge >= 0.3 is 0 Å². The zero-order valence-electron chi connectivity index (χ0n) is 12.7. The molecule has 1 saturated heterocycles. The van der Waals surface area contributed by atoms with Gasteiger partial charge < -0.3 is 5.32 Å². The largest absolute Gasteiger partial charge is 0.346 e. The molecule has 124 valence electrons. The van der Waals surface area contributed by atoms with Crippen LogP contribution in [0.4, 0.5) is 0 Å². The van der Waals surface area contributed by atoms with Crippen LogP contribution in [0.1, 0.15) is 33.0 Å². The SMILES string of the molecule is Cc1ccsc1C(=O)NCc1ccc(S(=O)(=O)N2CCCC2)s1. The molecule has 1 N–H and O–H groups in total. The molecule has 0 unspecified atom stereocenters. The van der Waals surface area contributed by atoms with Gasteiger partial charge in [-0.15, -0.1) is 22.7 Å². The smallest absolute Gasteiger partial charge is 0.261 e. The standard InChI is InChI=1S/C15H18N2O3S3/c1-11-6-9-21-14(11)15(18)16-10-12-4-5-13(22-12)23(19,20)17-7-2-3-8-17/h4-6,9H,2-3,7-8,10H2,1H3,(H,16,18). The van der Waals surface area contributed by atoms with Gasteiger partial charge in [0, 0.05) is 18.0 Å². The van der Waals surface area contributed by atoms with Gasteiger partial charge in [0.15, 0.2) is 0 Å². The van der Waals surface area contributed by atoms with Crippen molar-refractivity contribution in [1.29, 1.82) is 0 Å². The molecule has 0 aliphatic carbocycles. The lowest BCUT2D eigenvalue weighted by Crippen LogP contribution is -2.27. The number of rotatable bonds is 5. The number of carbonyl (C=O) groups excluding carboxylic acids is 1. The predicted octanol–water partition coefficient (Wildman–Crippen LogP) is 2.83. The molecule has 3 rings (SSSR count). The zero-order chi connectivity index (χ0) is 16.4. The van der Waals surface area contributed by atoms with E-state index in [2.05, 4.69) is 5.32 Å². The van der Waals surface area contributed by atoms with Crippen LogP contribution in [0.5, 0.6) is 0 Å². The average molecular weight is 371 g/mol. The summed E-state index contributed by atoms with van der Waals surface area (Å²) in [5.74, 6) is -0.116. The number of hydrogen-bond acceptors (Lipinski definition) is 5. The van der Waals surface area contributed by atoms with Crippen LogP contribution in [0.2, 0.25) is 0 Å². The van der Waals surface area contributed by atoms with Crippen LogP contribution >= 0.6 is 22.7 Å². The summed E-state index contributed by atoms with van der Waals surface area (Å²) in [5.41, 5.74) is 0.955. The van der Waals surface area contributed by atoms with E-state index in [1.54, 1.807) is 12.1 Å². The third-order valence-corrected chi connectivity index (χ3v) is 8.25. The molecule has 2 aromatic heterocycles. The number of nitrogens with zero attached hydrogens (tertiary/aromatic N) is 1. The molecule has 8 heteroatoms. The lowest BCUT2D eigenvalue weighted by Gasteiger charge is -2.13. The minimum absolute atomic E-state index is 0.116. The van der Waals surface area contributed by atoms with Gasteiger partial charge in [0.1, 0.15) is 4.21 Å². The summed E-state index contributed by atoms with van der Waals surface area (Å²) in [6, 6.07) is 5.32. The molecule has 2 aromatic rings. The van der Waals surface area contributed by atoms with E-state index in [1.807, 2.05) is 18.4 Å². The van der Waals surface area contributed by atoms with E-state index in [-0.39, 0.29) is 5.91 Å². The van der Waals surface area contributed by atoms with Gasteiger partial charge in [-0.2, -0.15) is 4.31 Å². The first kappa shape index (κ1) is 16.6. The molecular formula is C15H18N2O3S3. The molecular weight excluding hydrogens is 352 g/mol. The summed E-state index contributed by atoms with van der Waals surface area (Å²) in [6.45, 7) is 3.45. The Balaban J connectivity index is 1.66. The minimum Gasteiger partial charge on any atom is -0.346 e. The van der Waals surface area contributed by atoms with Crippen LogP contribution in [0.3, 0.4) is 0 Å². The first-order chi connectivity index (χ1) is 11.0. The number of hydrogen-bond donors (Lipinski definition) is 1. The second kappa shape index (κ2) is 6.72. The fraction of sp³-hybridized carbons (Fsp3) is 0.400. The van der Waals surface area contributed by atoms with Crippen LogP contribution < -0.4 is 5.32 Å². The molecule has 0 saturated carbocycles. The van der Waals surface area contributed by atoms with Crippen molar-refractivity contribution in [2.45, 2.75) is 30.5 Å². The van der Waals surface area contributed by atoms with E-state index >= 15 is 0 Å². The highest BCUT2D eigenvalue weighted by Gasteiger charge is 2.28. The molecule has 3 heterocycles. The molecule has 1 aliphatic rings. The van der Waals surface area contributed by atoms with Crippen molar-refractivity contribution in [1.82, 2.24) is 9.62 Å². The van der Waals surface area contributed by atoms with Crippen LogP contribution in [-0.4, -0.2) is 31.7 Å². The van der Waals surface area contributed by atoms with Crippen LogP contribution in [0, 0.1) is 6.92 Å². The molecule has 1 fully saturated rings. The topological polar surface area (TPSA) is 66.5 Å². The number of aryl methyl sites for hydroxylation is 1. The van der Waals surface area contributed by atoms with Crippen molar-refractivity contribution in [3.8, 4) is 0 Å². The summed E-state index contributed by atoms with van der Waals surface area (Å²) in [5, 5.41) is 4.74. The third-order valence-electron chi connectivity index (χ3n) is 3.79. The summed E-state index contributed by atoms with van der Waals surface area (Å²) in [7, 11) is -3.37. The molecule has 0 radical (unpaired) electrons. The van der Waals surface area contributed by atoms with Gasteiger partial charge in [-0.05, 0) is 48.9 Å². The molecule has 0 bridgehead atoms. The minimum atomic E-state index is -3.37. The first-order valence-corrected chi connectivity index (χ1v) is 10.5. The molecule has 1 aliphatic heterocycles. The predicted molar refractivity (Wildman–Crippen MR) is 92.5 cm³/mol. The number of amides is 1. The van der Waals surface area contributed by atoms with E-state index in [4.69, 9.17) is 0 Å². The van der Waals surface area contributed by atoms with Crippen molar-refractivity contribution >= 4 is 38.6 Å². The maximum Gasteiger partial charge on any atom is 0.261 e. The Morgan fingerprint density at radius 3 is 2.65 bits per heavy atom. The Kier molecular flexibility index (Phi) is 4.86. The van der Waals surface area contributed by atoms with Crippen molar-refractivity contribution in [3.05, 3.63) is 38.9 Å². The molecule has 23 heavy (non-hydrogen) atoms. The van der Waals surface area contributed by atoms with Crippen LogP contribution in [-0.2, 0) is 16.6 Å². The van der Waals surface area contributed by atoms with Gasteiger partial charge in [-0.3, -0.25) is 4.79 Å². The van der Waals surface area contributed by atoms with Gasteiger partial charge in [-0.25, -0.2) is 8.42 Å². The van der Waals surface area contributed by atoms with E-state index in [0.717, 1.165) is 23.3 Å². The maximum atomic E-state index is 12.5. The van der Waals surface area contributed by atoms with Gasteiger partial charge in [0.2, 0.25) is 0 Å². The molecule has 0 spiro atoms. The fourth-order valence-corrected chi connectivity index (χ4v) is 6.31. The van der Waals surface area contributed by atoms with Gasteiger partial charge in [-0.1, -0.05) is 0 Å². The van der Waals surface area contributed by atoms with Crippen molar-refractivity contribution < 1.29 is 13.2 Å². The van der Waals surface area contributed by atoms with Gasteiger partial charge in [0.25, 0.3) is 15.9 Å². The van der Waals surface area contributed by atoms with Crippen LogP contribution in [0.25, 0.3) is 0 Å². The number of nitrogens with one attached hydrogen (secondary N) is 1. The van der Waals surface area contributed by atoms with Crippen LogP contribution in [0.15, 0.2) is 27.8 Å². The highest BCUT2D eigenvalue weighted by atomic mass is 32.2. The normalized spacial score (nSPS) is 15.9. The molecule has 1 amide bonds. The summed E-state index contributed by atoms with van der Waals surface area (Å²) in [6.07, 6.45) is 1.85. The lowest BCUT2D eigenvalue weighted by atomic mass is 10.3. The van der Waals surface area contributed by atoms with E-state index < -0.39 is 10.0 Å². The highest BCUT2D eigenvalue weighted by Crippen LogP contribution is 2.27. The van der Waals surface area contributed by atoms with Crippen molar-refractivity contribution in [2.75, 3.05) is 13.1 Å². The lowest BCUT2D eigenvalue weighted by molar-refractivity contribution is 0.0955. The molecule has 0 atom stereocenters. The van der Waals surface area contributed by atoms with E-state index in [9.17, 15) is 13.2 Å². The second-order valence-corrected chi connectivity index (χ2v) is 9.70.